The molecule has 1 nitrogen and oxygen atoms in total. The average Bonchev–Trinajstić information content (AvgIpc) is 2.12. The number of aliphatic hydroxyl groups is 1. The molecule has 1 rings (SSSR count). The van der Waals surface area contributed by atoms with Crippen LogP contribution in [0.2, 0.25) is 5.02 Å². The first-order valence-electron chi connectivity index (χ1n) is 4.77. The Kier molecular flexibility index (Phi) is 4.93. The largest absolute Gasteiger partial charge is 0.388 e. The van der Waals surface area contributed by atoms with Gasteiger partial charge in [0.15, 0.2) is 0 Å². The molecule has 0 fully saturated rings. The van der Waals surface area contributed by atoms with Crippen molar-refractivity contribution in [3.05, 3.63) is 33.3 Å². The van der Waals surface area contributed by atoms with Crippen molar-refractivity contribution in [2.45, 2.75) is 32.3 Å². The van der Waals surface area contributed by atoms with Crippen LogP contribution in [0.15, 0.2) is 22.7 Å². The van der Waals surface area contributed by atoms with Crippen LogP contribution < -0.4 is 0 Å². The van der Waals surface area contributed by atoms with Gasteiger partial charge < -0.3 is 5.11 Å². The van der Waals surface area contributed by atoms with Crippen LogP contribution in [0.5, 0.6) is 0 Å². The molecule has 0 amide bonds. The first-order chi connectivity index (χ1) is 6.63. The third-order valence-corrected chi connectivity index (χ3v) is 2.78. The van der Waals surface area contributed by atoms with Crippen molar-refractivity contribution in [1.82, 2.24) is 0 Å². The van der Waals surface area contributed by atoms with E-state index in [0.29, 0.717) is 5.02 Å². The molecular formula is C11H14BrClO. The summed E-state index contributed by atoms with van der Waals surface area (Å²) < 4.78 is 0.913. The Balaban J connectivity index is 2.73. The molecule has 0 saturated heterocycles. The van der Waals surface area contributed by atoms with E-state index in [-0.39, 0.29) is 0 Å². The molecule has 78 valence electrons. The summed E-state index contributed by atoms with van der Waals surface area (Å²) in [5, 5.41) is 10.5. The maximum atomic E-state index is 9.82. The summed E-state index contributed by atoms with van der Waals surface area (Å²) in [5.74, 6) is 0. The van der Waals surface area contributed by atoms with Crippen molar-refractivity contribution in [3.63, 3.8) is 0 Å². The van der Waals surface area contributed by atoms with E-state index in [0.717, 1.165) is 29.3 Å². The number of hydrogen-bond donors (Lipinski definition) is 1. The molecule has 1 N–H and O–H groups in total. The van der Waals surface area contributed by atoms with Gasteiger partial charge in [0.05, 0.1) is 6.10 Å². The lowest BCUT2D eigenvalue weighted by atomic mass is 10.0. The highest BCUT2D eigenvalue weighted by Gasteiger charge is 2.08. The lowest BCUT2D eigenvalue weighted by Crippen LogP contribution is -1.97. The van der Waals surface area contributed by atoms with Gasteiger partial charge in [0, 0.05) is 9.50 Å². The Morgan fingerprint density at radius 3 is 2.71 bits per heavy atom. The van der Waals surface area contributed by atoms with E-state index in [2.05, 4.69) is 22.9 Å². The zero-order chi connectivity index (χ0) is 10.6. The van der Waals surface area contributed by atoms with Crippen molar-refractivity contribution in [1.29, 1.82) is 0 Å². The van der Waals surface area contributed by atoms with Gasteiger partial charge in [0.25, 0.3) is 0 Å². The minimum atomic E-state index is -0.398. The molecule has 0 aliphatic rings. The topological polar surface area (TPSA) is 20.2 Å². The van der Waals surface area contributed by atoms with Crippen LogP contribution in [-0.2, 0) is 0 Å². The van der Waals surface area contributed by atoms with Gasteiger partial charge in [-0.2, -0.15) is 0 Å². The molecule has 0 radical (unpaired) electrons. The van der Waals surface area contributed by atoms with E-state index < -0.39 is 6.10 Å². The van der Waals surface area contributed by atoms with Crippen molar-refractivity contribution in [2.24, 2.45) is 0 Å². The summed E-state index contributed by atoms with van der Waals surface area (Å²) in [6.07, 6.45) is 2.53. The van der Waals surface area contributed by atoms with E-state index in [4.69, 9.17) is 11.6 Å². The van der Waals surface area contributed by atoms with Crippen molar-refractivity contribution >= 4 is 27.5 Å². The summed E-state index contributed by atoms with van der Waals surface area (Å²) >= 11 is 9.24. The Morgan fingerprint density at radius 2 is 2.14 bits per heavy atom. The number of unbranched alkanes of at least 4 members (excludes halogenated alkanes) is 1. The standard InChI is InChI=1S/C11H14BrClO/c1-2-3-4-11(14)8-5-9(12)7-10(13)6-8/h5-7,11,14H,2-4H2,1H3. The molecule has 0 aliphatic heterocycles. The SMILES string of the molecule is CCCCC(O)c1cc(Cl)cc(Br)c1. The minimum Gasteiger partial charge on any atom is -0.388 e. The minimum absolute atomic E-state index is 0.398. The normalized spacial score (nSPS) is 12.9. The van der Waals surface area contributed by atoms with E-state index in [9.17, 15) is 5.11 Å². The maximum Gasteiger partial charge on any atom is 0.0791 e. The molecule has 1 unspecified atom stereocenters. The van der Waals surface area contributed by atoms with Gasteiger partial charge in [-0.1, -0.05) is 47.3 Å². The lowest BCUT2D eigenvalue weighted by Gasteiger charge is -2.11. The van der Waals surface area contributed by atoms with Crippen LogP contribution in [0.25, 0.3) is 0 Å². The summed E-state index contributed by atoms with van der Waals surface area (Å²) in [6, 6.07) is 5.54. The third kappa shape index (κ3) is 3.60. The van der Waals surface area contributed by atoms with Crippen molar-refractivity contribution in [3.8, 4) is 0 Å². The smallest absolute Gasteiger partial charge is 0.0791 e. The van der Waals surface area contributed by atoms with Crippen LogP contribution in [0, 0.1) is 0 Å². The molecule has 1 aromatic rings. The van der Waals surface area contributed by atoms with Gasteiger partial charge in [-0.15, -0.1) is 0 Å². The van der Waals surface area contributed by atoms with Crippen LogP contribution in [0.4, 0.5) is 0 Å². The molecule has 0 aromatic heterocycles. The van der Waals surface area contributed by atoms with Gasteiger partial charge in [-0.05, 0) is 30.2 Å². The van der Waals surface area contributed by atoms with Gasteiger partial charge >= 0.3 is 0 Å². The molecule has 0 saturated carbocycles. The maximum absolute atomic E-state index is 9.82. The number of rotatable bonds is 4. The highest BCUT2D eigenvalue weighted by Crippen LogP contribution is 2.26. The van der Waals surface area contributed by atoms with Crippen LogP contribution in [-0.4, -0.2) is 5.11 Å². The predicted molar refractivity (Wildman–Crippen MR) is 63.6 cm³/mol. The summed E-state index contributed by atoms with van der Waals surface area (Å²) in [6.45, 7) is 2.11. The molecule has 0 heterocycles. The molecule has 0 spiro atoms. The zero-order valence-electron chi connectivity index (χ0n) is 8.13. The van der Waals surface area contributed by atoms with Gasteiger partial charge in [-0.25, -0.2) is 0 Å². The quantitative estimate of drug-likeness (QED) is 0.868. The molecule has 1 aromatic carbocycles. The molecule has 0 bridgehead atoms. The Morgan fingerprint density at radius 1 is 1.43 bits per heavy atom. The Hall–Kier alpha value is -0.0500. The summed E-state index contributed by atoms with van der Waals surface area (Å²) in [5.41, 5.74) is 0.887. The summed E-state index contributed by atoms with van der Waals surface area (Å²) in [4.78, 5) is 0. The van der Waals surface area contributed by atoms with Crippen LogP contribution >= 0.6 is 27.5 Å². The Labute approximate surface area is 98.2 Å². The highest BCUT2D eigenvalue weighted by atomic mass is 79.9. The first kappa shape index (κ1) is 12.0. The molecule has 0 aliphatic carbocycles. The lowest BCUT2D eigenvalue weighted by molar-refractivity contribution is 0.164. The van der Waals surface area contributed by atoms with E-state index in [1.165, 1.54) is 0 Å². The highest BCUT2D eigenvalue weighted by molar-refractivity contribution is 9.10. The van der Waals surface area contributed by atoms with Gasteiger partial charge in [0.2, 0.25) is 0 Å². The summed E-state index contributed by atoms with van der Waals surface area (Å²) in [7, 11) is 0. The van der Waals surface area contributed by atoms with Crippen molar-refractivity contribution < 1.29 is 5.11 Å². The second-order valence-electron chi connectivity index (χ2n) is 3.36. The molecule has 14 heavy (non-hydrogen) atoms. The van der Waals surface area contributed by atoms with Crippen LogP contribution in [0.1, 0.15) is 37.9 Å². The number of benzene rings is 1. The molecule has 1 atom stereocenters. The number of halogens is 2. The van der Waals surface area contributed by atoms with E-state index in [1.54, 1.807) is 0 Å². The van der Waals surface area contributed by atoms with Gasteiger partial charge in [0.1, 0.15) is 0 Å². The monoisotopic (exact) mass is 276 g/mol. The molecular weight excluding hydrogens is 263 g/mol. The Bertz CT molecular complexity index is 281. The second kappa shape index (κ2) is 5.74. The zero-order valence-corrected chi connectivity index (χ0v) is 10.5. The fourth-order valence-corrected chi connectivity index (χ4v) is 2.22. The number of hydrogen-bond acceptors (Lipinski definition) is 1. The second-order valence-corrected chi connectivity index (χ2v) is 4.71. The first-order valence-corrected chi connectivity index (χ1v) is 5.94. The number of aliphatic hydroxyl groups excluding tert-OH is 1. The van der Waals surface area contributed by atoms with Gasteiger partial charge in [-0.3, -0.25) is 0 Å². The molecule has 3 heteroatoms. The fraction of sp³-hybridized carbons (Fsp3) is 0.455. The average molecular weight is 278 g/mol. The van der Waals surface area contributed by atoms with Crippen LogP contribution in [0.3, 0.4) is 0 Å². The van der Waals surface area contributed by atoms with Crippen molar-refractivity contribution in [2.75, 3.05) is 0 Å². The predicted octanol–water partition coefficient (Wildman–Crippen LogP) is 4.33. The fourth-order valence-electron chi connectivity index (χ4n) is 1.33. The van der Waals surface area contributed by atoms with E-state index >= 15 is 0 Å². The third-order valence-electron chi connectivity index (χ3n) is 2.10. The van der Waals surface area contributed by atoms with E-state index in [1.807, 2.05) is 18.2 Å².